The number of nitrogens with zero attached hydrogens (tertiary/aromatic N) is 1. The van der Waals surface area contributed by atoms with E-state index < -0.39 is 5.97 Å². The van der Waals surface area contributed by atoms with Crippen molar-refractivity contribution in [1.29, 1.82) is 0 Å². The van der Waals surface area contributed by atoms with E-state index in [9.17, 15) is 4.79 Å². The molecule has 1 aromatic rings. The molecule has 0 unspecified atom stereocenters. The number of carbonyl (C=O) groups is 1. The van der Waals surface area contributed by atoms with E-state index in [0.717, 1.165) is 12.1 Å². The predicted molar refractivity (Wildman–Crippen MR) is 46.7 cm³/mol. The minimum Gasteiger partial charge on any atom is -0.480 e. The van der Waals surface area contributed by atoms with Crippen molar-refractivity contribution in [2.75, 3.05) is 6.61 Å². The van der Waals surface area contributed by atoms with Gasteiger partial charge in [-0.2, -0.15) is 0 Å². The van der Waals surface area contributed by atoms with Crippen LogP contribution in [0.1, 0.15) is 12.6 Å². The minimum atomic E-state index is -0.981. The maximum Gasteiger partial charge on any atom is 0.341 e. The molecule has 0 spiro atoms. The Morgan fingerprint density at radius 2 is 2.46 bits per heavy atom. The molecular weight excluding hydrogens is 170 g/mol. The molecule has 70 valence electrons. The highest BCUT2D eigenvalue weighted by Gasteiger charge is 2.03. The number of aromatic nitrogens is 1. The molecule has 0 atom stereocenters. The number of aryl methyl sites for hydroxylation is 1. The summed E-state index contributed by atoms with van der Waals surface area (Å²) in [6, 6.07) is 3.44. The molecule has 0 aliphatic heterocycles. The Bertz CT molecular complexity index is 299. The van der Waals surface area contributed by atoms with Gasteiger partial charge in [0.25, 0.3) is 0 Å². The number of pyridine rings is 1. The second-order valence-corrected chi connectivity index (χ2v) is 2.48. The second-order valence-electron chi connectivity index (χ2n) is 2.48. The molecule has 0 aliphatic rings. The van der Waals surface area contributed by atoms with Gasteiger partial charge in [-0.05, 0) is 18.6 Å². The lowest BCUT2D eigenvalue weighted by Gasteiger charge is -2.06. The van der Waals surface area contributed by atoms with Crippen LogP contribution in [-0.4, -0.2) is 22.7 Å². The highest BCUT2D eigenvalue weighted by atomic mass is 16.5. The van der Waals surface area contributed by atoms with E-state index in [-0.39, 0.29) is 6.61 Å². The number of ether oxygens (including phenoxy) is 1. The fraction of sp³-hybridized carbons (Fsp3) is 0.333. The summed E-state index contributed by atoms with van der Waals surface area (Å²) in [5.74, 6) is -0.432. The molecule has 1 N–H and O–H groups in total. The van der Waals surface area contributed by atoms with Crippen molar-refractivity contribution in [2.45, 2.75) is 13.3 Å². The van der Waals surface area contributed by atoms with Gasteiger partial charge in [-0.15, -0.1) is 0 Å². The van der Waals surface area contributed by atoms with Crippen LogP contribution in [0.2, 0.25) is 0 Å². The lowest BCUT2D eigenvalue weighted by atomic mass is 10.3. The molecule has 0 bridgehead atoms. The molecule has 0 radical (unpaired) electrons. The van der Waals surface area contributed by atoms with Gasteiger partial charge in [-0.25, -0.2) is 4.79 Å². The van der Waals surface area contributed by atoms with Crippen LogP contribution in [0.3, 0.4) is 0 Å². The molecule has 13 heavy (non-hydrogen) atoms. The van der Waals surface area contributed by atoms with E-state index in [1.54, 1.807) is 18.3 Å². The SMILES string of the molecule is CCc1ncccc1OCC(=O)O. The van der Waals surface area contributed by atoms with Crippen LogP contribution in [0, 0.1) is 0 Å². The number of aliphatic carboxylic acids is 1. The first-order valence-corrected chi connectivity index (χ1v) is 4.02. The van der Waals surface area contributed by atoms with Crippen molar-refractivity contribution in [3.05, 3.63) is 24.0 Å². The van der Waals surface area contributed by atoms with Crippen LogP contribution >= 0.6 is 0 Å². The molecular formula is C9H11NO3. The molecule has 0 fully saturated rings. The third-order valence-corrected chi connectivity index (χ3v) is 1.53. The van der Waals surface area contributed by atoms with Crippen LogP contribution in [-0.2, 0) is 11.2 Å². The average molecular weight is 181 g/mol. The molecule has 0 aromatic carbocycles. The van der Waals surface area contributed by atoms with Crippen molar-refractivity contribution in [3.63, 3.8) is 0 Å². The Hall–Kier alpha value is -1.58. The highest BCUT2D eigenvalue weighted by molar-refractivity contribution is 5.68. The zero-order chi connectivity index (χ0) is 9.68. The molecule has 0 saturated carbocycles. The van der Waals surface area contributed by atoms with Crippen LogP contribution in [0.4, 0.5) is 0 Å². The fourth-order valence-corrected chi connectivity index (χ4v) is 0.960. The lowest BCUT2D eigenvalue weighted by molar-refractivity contribution is -0.139. The smallest absolute Gasteiger partial charge is 0.341 e. The van der Waals surface area contributed by atoms with E-state index in [2.05, 4.69) is 4.98 Å². The van der Waals surface area contributed by atoms with Gasteiger partial charge < -0.3 is 9.84 Å². The Labute approximate surface area is 76.2 Å². The van der Waals surface area contributed by atoms with E-state index in [4.69, 9.17) is 9.84 Å². The molecule has 0 amide bonds. The summed E-state index contributed by atoms with van der Waals surface area (Å²) >= 11 is 0. The third-order valence-electron chi connectivity index (χ3n) is 1.53. The summed E-state index contributed by atoms with van der Waals surface area (Å²) in [7, 11) is 0. The van der Waals surface area contributed by atoms with E-state index >= 15 is 0 Å². The Balaban J connectivity index is 2.69. The van der Waals surface area contributed by atoms with Gasteiger partial charge in [0.05, 0.1) is 5.69 Å². The summed E-state index contributed by atoms with van der Waals surface area (Å²) in [5.41, 5.74) is 0.781. The normalized spacial score (nSPS) is 9.62. The van der Waals surface area contributed by atoms with Crippen LogP contribution in [0.5, 0.6) is 5.75 Å². The number of carboxylic acid groups (broad SMARTS) is 1. The fourth-order valence-electron chi connectivity index (χ4n) is 0.960. The maximum atomic E-state index is 10.2. The Morgan fingerprint density at radius 1 is 1.69 bits per heavy atom. The van der Waals surface area contributed by atoms with Crippen LogP contribution in [0.15, 0.2) is 18.3 Å². The summed E-state index contributed by atoms with van der Waals surface area (Å²) < 4.78 is 5.03. The Morgan fingerprint density at radius 3 is 3.08 bits per heavy atom. The number of hydrogen-bond acceptors (Lipinski definition) is 3. The first-order chi connectivity index (χ1) is 6.24. The first kappa shape index (κ1) is 9.51. The van der Waals surface area contributed by atoms with Crippen molar-refractivity contribution in [2.24, 2.45) is 0 Å². The quantitative estimate of drug-likeness (QED) is 0.755. The van der Waals surface area contributed by atoms with Crippen molar-refractivity contribution < 1.29 is 14.6 Å². The zero-order valence-corrected chi connectivity index (χ0v) is 7.36. The summed E-state index contributed by atoms with van der Waals surface area (Å²) in [5, 5.41) is 8.39. The van der Waals surface area contributed by atoms with Crippen molar-refractivity contribution in [3.8, 4) is 5.75 Å². The Kier molecular flexibility index (Phi) is 3.25. The average Bonchev–Trinajstić information content (AvgIpc) is 2.15. The van der Waals surface area contributed by atoms with Gasteiger partial charge in [0.15, 0.2) is 6.61 Å². The van der Waals surface area contributed by atoms with E-state index in [1.807, 2.05) is 6.92 Å². The molecule has 4 heteroatoms. The van der Waals surface area contributed by atoms with Crippen LogP contribution in [0.25, 0.3) is 0 Å². The van der Waals surface area contributed by atoms with Gasteiger partial charge in [0, 0.05) is 6.20 Å². The predicted octanol–water partition coefficient (Wildman–Crippen LogP) is 1.11. The van der Waals surface area contributed by atoms with E-state index in [1.165, 1.54) is 0 Å². The summed E-state index contributed by atoms with van der Waals surface area (Å²) in [4.78, 5) is 14.3. The lowest BCUT2D eigenvalue weighted by Crippen LogP contribution is -2.10. The summed E-state index contributed by atoms with van der Waals surface area (Å²) in [6.45, 7) is 1.62. The van der Waals surface area contributed by atoms with Gasteiger partial charge in [-0.3, -0.25) is 4.98 Å². The van der Waals surface area contributed by atoms with E-state index in [0.29, 0.717) is 5.75 Å². The maximum absolute atomic E-state index is 10.2. The van der Waals surface area contributed by atoms with Crippen molar-refractivity contribution >= 4 is 5.97 Å². The molecule has 0 saturated heterocycles. The summed E-state index contributed by atoms with van der Waals surface area (Å²) in [6.07, 6.45) is 2.39. The molecule has 1 aromatic heterocycles. The molecule has 1 heterocycles. The van der Waals surface area contributed by atoms with Gasteiger partial charge in [-0.1, -0.05) is 6.92 Å². The molecule has 0 aliphatic carbocycles. The molecule has 4 nitrogen and oxygen atoms in total. The van der Waals surface area contributed by atoms with Crippen molar-refractivity contribution in [1.82, 2.24) is 4.98 Å². The number of hydrogen-bond donors (Lipinski definition) is 1. The largest absolute Gasteiger partial charge is 0.480 e. The number of rotatable bonds is 4. The topological polar surface area (TPSA) is 59.4 Å². The minimum absolute atomic E-state index is 0.321. The van der Waals surface area contributed by atoms with Gasteiger partial charge in [0.2, 0.25) is 0 Å². The first-order valence-electron chi connectivity index (χ1n) is 4.02. The zero-order valence-electron chi connectivity index (χ0n) is 7.36. The highest BCUT2D eigenvalue weighted by Crippen LogP contribution is 2.14. The second kappa shape index (κ2) is 4.45. The van der Waals surface area contributed by atoms with Gasteiger partial charge in [0.1, 0.15) is 5.75 Å². The molecule has 1 rings (SSSR count). The van der Waals surface area contributed by atoms with Crippen LogP contribution < -0.4 is 4.74 Å². The third kappa shape index (κ3) is 2.74. The standard InChI is InChI=1S/C9H11NO3/c1-2-7-8(4-3-5-10-7)13-6-9(11)12/h3-5H,2,6H2,1H3,(H,11,12). The monoisotopic (exact) mass is 181 g/mol. The number of carboxylic acids is 1. The van der Waals surface area contributed by atoms with Gasteiger partial charge >= 0.3 is 5.97 Å².